The van der Waals surface area contributed by atoms with Crippen LogP contribution < -0.4 is 9.46 Å². The molecule has 0 saturated carbocycles. The SMILES string of the molecule is O=S(=O)(NCCOc1ccc2c(c1)CCC2)c1cccc(Cl)c1. The molecule has 0 aliphatic heterocycles. The Labute approximate surface area is 141 Å². The fraction of sp³-hybridized carbons (Fsp3) is 0.294. The van der Waals surface area contributed by atoms with Crippen LogP contribution in [0.15, 0.2) is 47.4 Å². The van der Waals surface area contributed by atoms with Gasteiger partial charge in [-0.25, -0.2) is 13.1 Å². The molecule has 23 heavy (non-hydrogen) atoms. The van der Waals surface area contributed by atoms with Crippen molar-refractivity contribution in [3.63, 3.8) is 0 Å². The molecule has 0 fully saturated rings. The van der Waals surface area contributed by atoms with Crippen LogP contribution in [0.2, 0.25) is 5.02 Å². The molecular formula is C17H18ClNO3S. The average Bonchev–Trinajstić information content (AvgIpc) is 2.99. The maximum Gasteiger partial charge on any atom is 0.240 e. The number of aryl methyl sites for hydroxylation is 2. The number of ether oxygens (including phenoxy) is 1. The van der Waals surface area contributed by atoms with Crippen LogP contribution >= 0.6 is 11.6 Å². The molecule has 1 N–H and O–H groups in total. The van der Waals surface area contributed by atoms with E-state index in [0.29, 0.717) is 5.02 Å². The van der Waals surface area contributed by atoms with Gasteiger partial charge in [0.2, 0.25) is 10.0 Å². The van der Waals surface area contributed by atoms with Crippen LogP contribution in [0.4, 0.5) is 0 Å². The molecule has 6 heteroatoms. The van der Waals surface area contributed by atoms with Crippen LogP contribution in [0, 0.1) is 0 Å². The molecule has 0 saturated heterocycles. The highest BCUT2D eigenvalue weighted by molar-refractivity contribution is 7.89. The van der Waals surface area contributed by atoms with Crippen molar-refractivity contribution in [2.45, 2.75) is 24.2 Å². The third-order valence-electron chi connectivity index (χ3n) is 3.84. The van der Waals surface area contributed by atoms with Gasteiger partial charge in [-0.3, -0.25) is 0 Å². The summed E-state index contributed by atoms with van der Waals surface area (Å²) in [5.41, 5.74) is 2.72. The van der Waals surface area contributed by atoms with Crippen molar-refractivity contribution < 1.29 is 13.2 Å². The molecule has 0 heterocycles. The molecule has 0 unspecified atom stereocenters. The Morgan fingerprint density at radius 3 is 2.74 bits per heavy atom. The summed E-state index contributed by atoms with van der Waals surface area (Å²) >= 11 is 5.82. The summed E-state index contributed by atoms with van der Waals surface area (Å²) in [6.45, 7) is 0.477. The number of hydrogen-bond donors (Lipinski definition) is 1. The Bertz CT molecular complexity index is 805. The van der Waals surface area contributed by atoms with Crippen molar-refractivity contribution in [3.8, 4) is 5.75 Å². The van der Waals surface area contributed by atoms with Gasteiger partial charge >= 0.3 is 0 Å². The molecule has 0 amide bonds. The zero-order valence-corrected chi connectivity index (χ0v) is 14.2. The van der Waals surface area contributed by atoms with Gasteiger partial charge in [0.05, 0.1) is 4.90 Å². The second-order valence-electron chi connectivity index (χ2n) is 5.49. The Morgan fingerprint density at radius 1 is 1.09 bits per heavy atom. The summed E-state index contributed by atoms with van der Waals surface area (Å²) in [5.74, 6) is 0.785. The molecule has 122 valence electrons. The second-order valence-corrected chi connectivity index (χ2v) is 7.69. The van der Waals surface area contributed by atoms with Gasteiger partial charge in [-0.1, -0.05) is 23.7 Å². The van der Waals surface area contributed by atoms with E-state index in [-0.39, 0.29) is 18.0 Å². The summed E-state index contributed by atoms with van der Waals surface area (Å²) in [4.78, 5) is 0.155. The lowest BCUT2D eigenvalue weighted by Gasteiger charge is -2.10. The summed E-state index contributed by atoms with van der Waals surface area (Å²) < 4.78 is 32.4. The maximum atomic E-state index is 12.1. The number of halogens is 1. The topological polar surface area (TPSA) is 55.4 Å². The molecule has 0 radical (unpaired) electrons. The highest BCUT2D eigenvalue weighted by Crippen LogP contribution is 2.25. The lowest BCUT2D eigenvalue weighted by molar-refractivity contribution is 0.322. The van der Waals surface area contributed by atoms with Gasteiger partial charge in [0, 0.05) is 11.6 Å². The van der Waals surface area contributed by atoms with Crippen molar-refractivity contribution in [1.29, 1.82) is 0 Å². The molecule has 2 aromatic rings. The summed E-state index contributed by atoms with van der Waals surface area (Å²) in [7, 11) is -3.56. The predicted octanol–water partition coefficient (Wildman–Crippen LogP) is 3.19. The van der Waals surface area contributed by atoms with Crippen molar-refractivity contribution in [1.82, 2.24) is 4.72 Å². The first-order valence-corrected chi connectivity index (χ1v) is 9.40. The van der Waals surface area contributed by atoms with Gasteiger partial charge in [-0.2, -0.15) is 0 Å². The highest BCUT2D eigenvalue weighted by Gasteiger charge is 2.14. The minimum Gasteiger partial charge on any atom is -0.492 e. The Hall–Kier alpha value is -1.56. The van der Waals surface area contributed by atoms with Gasteiger partial charge in [0.15, 0.2) is 0 Å². The van der Waals surface area contributed by atoms with Gasteiger partial charge in [-0.15, -0.1) is 0 Å². The van der Waals surface area contributed by atoms with E-state index in [1.54, 1.807) is 12.1 Å². The third kappa shape index (κ3) is 4.05. The average molecular weight is 352 g/mol. The summed E-state index contributed by atoms with van der Waals surface area (Å²) in [5, 5.41) is 0.391. The van der Waals surface area contributed by atoms with E-state index in [1.165, 1.54) is 29.7 Å². The number of sulfonamides is 1. The first-order valence-electron chi connectivity index (χ1n) is 7.54. The molecule has 0 atom stereocenters. The van der Waals surface area contributed by atoms with E-state index in [2.05, 4.69) is 10.8 Å². The predicted molar refractivity (Wildman–Crippen MR) is 90.6 cm³/mol. The van der Waals surface area contributed by atoms with E-state index < -0.39 is 10.0 Å². The van der Waals surface area contributed by atoms with E-state index in [9.17, 15) is 8.42 Å². The fourth-order valence-corrected chi connectivity index (χ4v) is 4.01. The minimum absolute atomic E-state index is 0.155. The van der Waals surface area contributed by atoms with Gasteiger partial charge in [0.1, 0.15) is 12.4 Å². The van der Waals surface area contributed by atoms with Crippen LogP contribution in [0.5, 0.6) is 5.75 Å². The number of benzene rings is 2. The van der Waals surface area contributed by atoms with E-state index in [1.807, 2.05) is 12.1 Å². The Kier molecular flexibility index (Phi) is 4.90. The number of rotatable bonds is 6. The van der Waals surface area contributed by atoms with Crippen LogP contribution in [0.25, 0.3) is 0 Å². The largest absolute Gasteiger partial charge is 0.492 e. The normalized spacial score (nSPS) is 13.8. The Balaban J connectivity index is 1.53. The first kappa shape index (κ1) is 16.3. The van der Waals surface area contributed by atoms with Crippen LogP contribution in [0.3, 0.4) is 0 Å². The first-order chi connectivity index (χ1) is 11.0. The van der Waals surface area contributed by atoms with Crippen molar-refractivity contribution >= 4 is 21.6 Å². The zero-order chi connectivity index (χ0) is 16.3. The lowest BCUT2D eigenvalue weighted by Crippen LogP contribution is -2.28. The molecule has 1 aliphatic carbocycles. The van der Waals surface area contributed by atoms with Crippen LogP contribution in [-0.2, 0) is 22.9 Å². The highest BCUT2D eigenvalue weighted by atomic mass is 35.5. The molecule has 0 bridgehead atoms. The van der Waals surface area contributed by atoms with Crippen LogP contribution in [-0.4, -0.2) is 21.6 Å². The molecule has 1 aliphatic rings. The van der Waals surface area contributed by atoms with Crippen molar-refractivity contribution in [2.24, 2.45) is 0 Å². The summed E-state index contributed by atoms with van der Waals surface area (Å²) in [6.07, 6.45) is 3.42. The summed E-state index contributed by atoms with van der Waals surface area (Å²) in [6, 6.07) is 12.3. The molecular weight excluding hydrogens is 334 g/mol. The van der Waals surface area contributed by atoms with E-state index in [0.717, 1.165) is 18.6 Å². The van der Waals surface area contributed by atoms with Crippen molar-refractivity contribution in [2.75, 3.05) is 13.2 Å². The van der Waals surface area contributed by atoms with Gasteiger partial charge in [0.25, 0.3) is 0 Å². The maximum absolute atomic E-state index is 12.1. The molecule has 4 nitrogen and oxygen atoms in total. The number of nitrogens with one attached hydrogen (secondary N) is 1. The van der Waals surface area contributed by atoms with Crippen molar-refractivity contribution in [3.05, 3.63) is 58.6 Å². The lowest BCUT2D eigenvalue weighted by atomic mass is 10.1. The van der Waals surface area contributed by atoms with E-state index >= 15 is 0 Å². The van der Waals surface area contributed by atoms with E-state index in [4.69, 9.17) is 16.3 Å². The molecule has 0 spiro atoms. The van der Waals surface area contributed by atoms with Gasteiger partial charge < -0.3 is 4.74 Å². The molecule has 0 aromatic heterocycles. The Morgan fingerprint density at radius 2 is 1.91 bits per heavy atom. The quantitative estimate of drug-likeness (QED) is 0.813. The number of hydrogen-bond acceptors (Lipinski definition) is 3. The standard InChI is InChI=1S/C17H18ClNO3S/c18-15-5-2-6-17(12-15)23(20,21)19-9-10-22-16-8-7-13-3-1-4-14(13)11-16/h2,5-8,11-12,19H,1,3-4,9-10H2. The minimum atomic E-state index is -3.56. The second kappa shape index (κ2) is 6.91. The smallest absolute Gasteiger partial charge is 0.240 e. The number of fused-ring (bicyclic) bond motifs is 1. The zero-order valence-electron chi connectivity index (χ0n) is 12.6. The molecule has 2 aromatic carbocycles. The fourth-order valence-electron chi connectivity index (χ4n) is 2.70. The molecule has 3 rings (SSSR count). The van der Waals surface area contributed by atoms with Crippen LogP contribution in [0.1, 0.15) is 17.5 Å². The van der Waals surface area contributed by atoms with Gasteiger partial charge in [-0.05, 0) is 60.7 Å². The third-order valence-corrected chi connectivity index (χ3v) is 5.53. The monoisotopic (exact) mass is 351 g/mol.